The van der Waals surface area contributed by atoms with Crippen LogP contribution in [-0.4, -0.2) is 17.1 Å². The van der Waals surface area contributed by atoms with E-state index in [1.807, 2.05) is 0 Å². The molecule has 1 aromatic rings. The Hall–Kier alpha value is -1.58. The summed E-state index contributed by atoms with van der Waals surface area (Å²) in [7, 11) is 0. The molecule has 2 N–H and O–H groups in total. The first-order valence-corrected chi connectivity index (χ1v) is 5.98. The predicted molar refractivity (Wildman–Crippen MR) is 68.3 cm³/mol. The van der Waals surface area contributed by atoms with E-state index in [-0.39, 0.29) is 22.4 Å². The van der Waals surface area contributed by atoms with Gasteiger partial charge in [-0.25, -0.2) is 9.18 Å². The molecule has 1 aromatic carbocycles. The third kappa shape index (κ3) is 1.67. The monoisotopic (exact) mass is 251 g/mol. The molecule has 0 aromatic heterocycles. The highest BCUT2D eigenvalue weighted by molar-refractivity contribution is 5.94. The molecular formula is C14H18FNO2. The zero-order valence-electron chi connectivity index (χ0n) is 11.0. The van der Waals surface area contributed by atoms with E-state index in [0.717, 1.165) is 6.07 Å². The molecule has 1 saturated carbocycles. The molecule has 0 aliphatic heterocycles. The van der Waals surface area contributed by atoms with E-state index in [9.17, 15) is 9.18 Å². The van der Waals surface area contributed by atoms with E-state index >= 15 is 0 Å². The van der Waals surface area contributed by atoms with Crippen LogP contribution in [-0.2, 0) is 0 Å². The van der Waals surface area contributed by atoms with Gasteiger partial charge in [0.15, 0.2) is 0 Å². The van der Waals surface area contributed by atoms with Crippen molar-refractivity contribution in [1.82, 2.24) is 0 Å². The van der Waals surface area contributed by atoms with Gasteiger partial charge in [0.25, 0.3) is 0 Å². The van der Waals surface area contributed by atoms with E-state index in [4.69, 9.17) is 5.11 Å². The fourth-order valence-electron chi connectivity index (χ4n) is 2.57. The number of carboxylic acid groups (broad SMARTS) is 1. The van der Waals surface area contributed by atoms with Crippen molar-refractivity contribution in [3.63, 3.8) is 0 Å². The Morgan fingerprint density at radius 2 is 1.83 bits per heavy atom. The molecule has 0 unspecified atom stereocenters. The standard InChI is InChI=1S/C14H18FNO2/c1-13(2)12(14(13,3)4)16-9-7-5-6-8(15)10(9)11(17)18/h5-7,12,16H,1-4H3,(H,17,18). The number of halogens is 1. The van der Waals surface area contributed by atoms with Crippen molar-refractivity contribution in [2.24, 2.45) is 10.8 Å². The second-order valence-corrected chi connectivity index (χ2v) is 5.99. The molecule has 1 aliphatic rings. The van der Waals surface area contributed by atoms with Gasteiger partial charge in [-0.3, -0.25) is 0 Å². The van der Waals surface area contributed by atoms with Gasteiger partial charge in [-0.2, -0.15) is 0 Å². The van der Waals surface area contributed by atoms with Crippen molar-refractivity contribution in [2.75, 3.05) is 5.32 Å². The molecule has 0 radical (unpaired) electrons. The van der Waals surface area contributed by atoms with Crippen LogP contribution in [0.4, 0.5) is 10.1 Å². The average molecular weight is 251 g/mol. The third-order valence-corrected chi connectivity index (χ3v) is 4.55. The Balaban J connectivity index is 2.32. The van der Waals surface area contributed by atoms with Crippen LogP contribution in [0.25, 0.3) is 0 Å². The predicted octanol–water partition coefficient (Wildman–Crippen LogP) is 3.37. The Morgan fingerprint density at radius 1 is 1.28 bits per heavy atom. The van der Waals surface area contributed by atoms with Gasteiger partial charge in [0.1, 0.15) is 11.4 Å². The van der Waals surface area contributed by atoms with Crippen molar-refractivity contribution in [2.45, 2.75) is 33.7 Å². The lowest BCUT2D eigenvalue weighted by Gasteiger charge is -2.11. The van der Waals surface area contributed by atoms with Gasteiger partial charge in [0.05, 0.1) is 5.69 Å². The summed E-state index contributed by atoms with van der Waals surface area (Å²) in [6.07, 6.45) is 0. The first kappa shape index (κ1) is 12.9. The number of hydrogen-bond acceptors (Lipinski definition) is 2. The van der Waals surface area contributed by atoms with Crippen LogP contribution < -0.4 is 5.32 Å². The molecular weight excluding hydrogens is 233 g/mol. The Kier molecular flexibility index (Phi) is 2.65. The zero-order valence-corrected chi connectivity index (χ0v) is 11.0. The molecule has 4 heteroatoms. The topological polar surface area (TPSA) is 49.3 Å². The summed E-state index contributed by atoms with van der Waals surface area (Å²) in [4.78, 5) is 11.1. The largest absolute Gasteiger partial charge is 0.478 e. The van der Waals surface area contributed by atoms with Crippen molar-refractivity contribution in [3.05, 3.63) is 29.6 Å². The number of rotatable bonds is 3. The van der Waals surface area contributed by atoms with Crippen LogP contribution in [0.15, 0.2) is 18.2 Å². The number of hydrogen-bond donors (Lipinski definition) is 2. The highest BCUT2D eigenvalue weighted by Gasteiger charge is 2.65. The summed E-state index contributed by atoms with van der Waals surface area (Å²) in [5.41, 5.74) is 0.201. The van der Waals surface area contributed by atoms with Crippen LogP contribution in [0.3, 0.4) is 0 Å². The maximum atomic E-state index is 13.5. The molecule has 0 atom stereocenters. The first-order chi connectivity index (χ1) is 8.19. The van der Waals surface area contributed by atoms with Gasteiger partial charge in [-0.1, -0.05) is 33.8 Å². The number of carboxylic acids is 1. The van der Waals surface area contributed by atoms with Gasteiger partial charge < -0.3 is 10.4 Å². The Bertz CT molecular complexity index is 495. The number of nitrogens with one attached hydrogen (secondary N) is 1. The minimum absolute atomic E-state index is 0.0646. The third-order valence-electron chi connectivity index (χ3n) is 4.55. The van der Waals surface area contributed by atoms with Crippen molar-refractivity contribution in [3.8, 4) is 0 Å². The SMILES string of the molecule is CC1(C)C(Nc2cccc(F)c2C(=O)O)C1(C)C. The summed E-state index contributed by atoms with van der Waals surface area (Å²) >= 11 is 0. The lowest BCUT2D eigenvalue weighted by atomic mass is 10.0. The first-order valence-electron chi connectivity index (χ1n) is 5.98. The second-order valence-electron chi connectivity index (χ2n) is 5.99. The summed E-state index contributed by atoms with van der Waals surface area (Å²) in [5.74, 6) is -1.95. The maximum Gasteiger partial charge on any atom is 0.340 e. The number of benzene rings is 1. The van der Waals surface area contributed by atoms with Crippen LogP contribution >= 0.6 is 0 Å². The van der Waals surface area contributed by atoms with Crippen molar-refractivity contribution >= 4 is 11.7 Å². The van der Waals surface area contributed by atoms with Crippen LogP contribution in [0, 0.1) is 16.6 Å². The van der Waals surface area contributed by atoms with Crippen molar-refractivity contribution < 1.29 is 14.3 Å². The van der Waals surface area contributed by atoms with E-state index in [0.29, 0.717) is 5.69 Å². The van der Waals surface area contributed by atoms with Crippen molar-refractivity contribution in [1.29, 1.82) is 0 Å². The number of anilines is 1. The van der Waals surface area contributed by atoms with Gasteiger partial charge in [0.2, 0.25) is 0 Å². The Labute approximate surface area is 106 Å². The summed E-state index contributed by atoms with van der Waals surface area (Å²) < 4.78 is 13.5. The number of carbonyl (C=O) groups is 1. The quantitative estimate of drug-likeness (QED) is 0.866. The van der Waals surface area contributed by atoms with E-state index in [1.165, 1.54) is 6.07 Å². The molecule has 2 rings (SSSR count). The fraction of sp³-hybridized carbons (Fsp3) is 0.500. The molecule has 3 nitrogen and oxygen atoms in total. The molecule has 0 spiro atoms. The van der Waals surface area contributed by atoms with E-state index in [2.05, 4.69) is 33.0 Å². The molecule has 0 bridgehead atoms. The molecule has 1 aliphatic carbocycles. The lowest BCUT2D eigenvalue weighted by Crippen LogP contribution is -2.14. The lowest BCUT2D eigenvalue weighted by molar-refractivity contribution is 0.0693. The van der Waals surface area contributed by atoms with E-state index < -0.39 is 11.8 Å². The van der Waals surface area contributed by atoms with Crippen LogP contribution in [0.5, 0.6) is 0 Å². The number of aromatic carboxylic acids is 1. The van der Waals surface area contributed by atoms with Crippen LogP contribution in [0.2, 0.25) is 0 Å². The minimum Gasteiger partial charge on any atom is -0.478 e. The van der Waals surface area contributed by atoms with E-state index in [1.54, 1.807) is 6.07 Å². The molecule has 0 heterocycles. The average Bonchev–Trinajstić information content (AvgIpc) is 2.60. The Morgan fingerprint density at radius 3 is 2.28 bits per heavy atom. The molecule has 18 heavy (non-hydrogen) atoms. The smallest absolute Gasteiger partial charge is 0.340 e. The van der Waals surface area contributed by atoms with Gasteiger partial charge >= 0.3 is 5.97 Å². The summed E-state index contributed by atoms with van der Waals surface area (Å²) in [6, 6.07) is 4.44. The normalized spacial score (nSPS) is 20.5. The second kappa shape index (κ2) is 3.70. The van der Waals surface area contributed by atoms with Crippen LogP contribution in [0.1, 0.15) is 38.1 Å². The van der Waals surface area contributed by atoms with Gasteiger partial charge in [-0.15, -0.1) is 0 Å². The zero-order chi connectivity index (χ0) is 13.7. The minimum atomic E-state index is -1.24. The summed E-state index contributed by atoms with van der Waals surface area (Å²) in [5, 5.41) is 12.2. The fourth-order valence-corrected chi connectivity index (χ4v) is 2.57. The molecule has 0 amide bonds. The van der Waals surface area contributed by atoms with Gasteiger partial charge in [0, 0.05) is 6.04 Å². The highest BCUT2D eigenvalue weighted by Crippen LogP contribution is 2.63. The molecule has 0 saturated heterocycles. The summed E-state index contributed by atoms with van der Waals surface area (Å²) in [6.45, 7) is 8.46. The van der Waals surface area contributed by atoms with Gasteiger partial charge in [-0.05, 0) is 23.0 Å². The maximum absolute atomic E-state index is 13.5. The molecule has 1 fully saturated rings. The molecule has 98 valence electrons. The highest BCUT2D eigenvalue weighted by atomic mass is 19.1.